The zero-order valence-electron chi connectivity index (χ0n) is 10.9. The van der Waals surface area contributed by atoms with Crippen LogP contribution in [0, 0.1) is 0 Å². The molecule has 0 radical (unpaired) electrons. The van der Waals surface area contributed by atoms with Crippen LogP contribution < -0.4 is 0 Å². The molecule has 0 aliphatic carbocycles. The van der Waals surface area contributed by atoms with Gasteiger partial charge in [-0.1, -0.05) is 12.2 Å². The van der Waals surface area contributed by atoms with Gasteiger partial charge in [0.1, 0.15) is 0 Å². The Morgan fingerprint density at radius 1 is 0.800 bits per heavy atom. The van der Waals surface area contributed by atoms with Gasteiger partial charge in [-0.15, -0.1) is 0 Å². The minimum Gasteiger partial charge on any atom is -0.448 e. The Bertz CT molecular complexity index is 360. The molecule has 2 unspecified atom stereocenters. The summed E-state index contributed by atoms with van der Waals surface area (Å²) in [6.07, 6.45) is 1.27. The second-order valence-corrected chi connectivity index (χ2v) is 3.12. The number of ether oxygens (including phenoxy) is 4. The average Bonchev–Trinajstić information content (AvgIpc) is 2.45. The lowest BCUT2D eigenvalue weighted by Gasteiger charge is -2.19. The molecule has 0 aliphatic heterocycles. The summed E-state index contributed by atoms with van der Waals surface area (Å²) in [5.74, 6) is -2.20. The van der Waals surface area contributed by atoms with Gasteiger partial charge in [-0.25, -0.2) is 9.59 Å². The van der Waals surface area contributed by atoms with Gasteiger partial charge in [-0.2, -0.15) is 0 Å². The van der Waals surface area contributed by atoms with E-state index in [4.69, 9.17) is 0 Å². The molecule has 0 bridgehead atoms. The van der Waals surface area contributed by atoms with Gasteiger partial charge in [-0.05, 0) is 13.8 Å². The third-order valence-electron chi connectivity index (χ3n) is 1.78. The van der Waals surface area contributed by atoms with Crippen LogP contribution in [0.25, 0.3) is 0 Å². The molecule has 0 aromatic rings. The molecule has 0 spiro atoms. The van der Waals surface area contributed by atoms with Crippen LogP contribution in [-0.4, -0.2) is 37.1 Å². The maximum absolute atomic E-state index is 11.6. The largest absolute Gasteiger partial charge is 0.448 e. The van der Waals surface area contributed by atoms with Crippen molar-refractivity contribution < 1.29 is 38.1 Å². The molecule has 0 aromatic carbocycles. The molecular formula is C12H14O8. The fourth-order valence-electron chi connectivity index (χ4n) is 1.03. The molecule has 0 saturated heterocycles. The van der Waals surface area contributed by atoms with E-state index < -0.39 is 24.1 Å². The highest BCUT2D eigenvalue weighted by molar-refractivity contribution is 5.87. The number of carbonyl (C=O) groups is 4. The van der Waals surface area contributed by atoms with E-state index in [2.05, 4.69) is 18.9 Å². The number of rotatable bonds is 9. The standard InChI is InChI=1S/C12H14O8/c1-3-5-17-11(15)9(19-7-13)10(20-8-14)12(16)18-6-4-2/h3-10H,1-2H3. The van der Waals surface area contributed by atoms with Crippen LogP contribution in [0.4, 0.5) is 0 Å². The Kier molecular flexibility index (Phi) is 8.94. The first kappa shape index (κ1) is 17.4. The van der Waals surface area contributed by atoms with Gasteiger partial charge in [-0.3, -0.25) is 9.59 Å². The lowest BCUT2D eigenvalue weighted by Crippen LogP contribution is -2.44. The van der Waals surface area contributed by atoms with Crippen molar-refractivity contribution in [1.29, 1.82) is 0 Å². The summed E-state index contributed by atoms with van der Waals surface area (Å²) in [7, 11) is 0. The fraction of sp³-hybridized carbons (Fsp3) is 0.333. The van der Waals surface area contributed by atoms with Crippen molar-refractivity contribution in [3.63, 3.8) is 0 Å². The predicted molar refractivity (Wildman–Crippen MR) is 63.7 cm³/mol. The topological polar surface area (TPSA) is 105 Å². The molecule has 8 nitrogen and oxygen atoms in total. The minimum atomic E-state index is -1.77. The smallest absolute Gasteiger partial charge is 0.356 e. The summed E-state index contributed by atoms with van der Waals surface area (Å²) in [5.41, 5.74) is 0. The highest BCUT2D eigenvalue weighted by atomic mass is 16.6. The summed E-state index contributed by atoms with van der Waals surface area (Å²) in [6, 6.07) is 0. The van der Waals surface area contributed by atoms with Gasteiger partial charge in [0.05, 0.1) is 12.5 Å². The maximum Gasteiger partial charge on any atom is 0.356 e. The molecule has 0 N–H and O–H groups in total. The summed E-state index contributed by atoms with van der Waals surface area (Å²) in [5, 5.41) is 0. The summed E-state index contributed by atoms with van der Waals surface area (Å²) in [4.78, 5) is 44.0. The van der Waals surface area contributed by atoms with Gasteiger partial charge in [0, 0.05) is 0 Å². The molecule has 0 amide bonds. The van der Waals surface area contributed by atoms with E-state index in [9.17, 15) is 19.2 Å². The molecular weight excluding hydrogens is 272 g/mol. The van der Waals surface area contributed by atoms with E-state index in [-0.39, 0.29) is 12.9 Å². The van der Waals surface area contributed by atoms with Crippen molar-refractivity contribution in [3.8, 4) is 0 Å². The fourth-order valence-corrected chi connectivity index (χ4v) is 1.03. The lowest BCUT2D eigenvalue weighted by molar-refractivity contribution is -0.179. The van der Waals surface area contributed by atoms with Crippen molar-refractivity contribution in [2.45, 2.75) is 26.1 Å². The molecule has 0 aliphatic rings. The number of hydrogen-bond donors (Lipinski definition) is 0. The van der Waals surface area contributed by atoms with E-state index in [1.165, 1.54) is 12.2 Å². The Morgan fingerprint density at radius 3 is 1.40 bits per heavy atom. The van der Waals surface area contributed by atoms with Crippen molar-refractivity contribution in [1.82, 2.24) is 0 Å². The normalized spacial score (nSPS) is 13.5. The van der Waals surface area contributed by atoms with Crippen LogP contribution in [0.5, 0.6) is 0 Å². The van der Waals surface area contributed by atoms with Crippen molar-refractivity contribution in [3.05, 3.63) is 24.7 Å². The van der Waals surface area contributed by atoms with E-state index in [1.807, 2.05) is 0 Å². The molecule has 0 rings (SSSR count). The zero-order chi connectivity index (χ0) is 15.4. The van der Waals surface area contributed by atoms with E-state index in [1.54, 1.807) is 13.8 Å². The van der Waals surface area contributed by atoms with Crippen molar-refractivity contribution >= 4 is 24.9 Å². The van der Waals surface area contributed by atoms with Gasteiger partial charge in [0.2, 0.25) is 12.2 Å². The van der Waals surface area contributed by atoms with Crippen molar-refractivity contribution in [2.24, 2.45) is 0 Å². The Labute approximate surface area is 114 Å². The molecule has 0 aromatic heterocycles. The summed E-state index contributed by atoms with van der Waals surface area (Å²) >= 11 is 0. The maximum atomic E-state index is 11.6. The van der Waals surface area contributed by atoms with Crippen LogP contribution >= 0.6 is 0 Å². The monoisotopic (exact) mass is 286 g/mol. The number of allylic oxidation sites excluding steroid dienone is 2. The molecule has 2 atom stereocenters. The summed E-state index contributed by atoms with van der Waals surface area (Å²) < 4.78 is 18.0. The van der Waals surface area contributed by atoms with Gasteiger partial charge in [0.25, 0.3) is 12.9 Å². The zero-order valence-corrected chi connectivity index (χ0v) is 10.9. The van der Waals surface area contributed by atoms with Gasteiger partial charge in [0.15, 0.2) is 0 Å². The molecule has 8 heteroatoms. The molecule has 20 heavy (non-hydrogen) atoms. The number of carbonyl (C=O) groups excluding carboxylic acids is 4. The van der Waals surface area contributed by atoms with E-state index in [0.29, 0.717) is 0 Å². The second kappa shape index (κ2) is 10.3. The van der Waals surface area contributed by atoms with Crippen LogP contribution in [0.15, 0.2) is 24.7 Å². The SMILES string of the molecule is CC=COC(=O)C(OC=O)C(OC=O)C(=O)OC=CC. The Hall–Kier alpha value is -2.64. The van der Waals surface area contributed by atoms with Crippen LogP contribution in [-0.2, 0) is 38.1 Å². The van der Waals surface area contributed by atoms with Crippen molar-refractivity contribution in [2.75, 3.05) is 0 Å². The van der Waals surface area contributed by atoms with Gasteiger partial charge >= 0.3 is 11.9 Å². The molecule has 0 saturated carbocycles. The van der Waals surface area contributed by atoms with E-state index in [0.717, 1.165) is 12.5 Å². The first-order chi connectivity index (χ1) is 9.62. The van der Waals surface area contributed by atoms with Crippen LogP contribution in [0.2, 0.25) is 0 Å². The Balaban J connectivity index is 5.10. The predicted octanol–water partition coefficient (Wildman–Crippen LogP) is 0.223. The van der Waals surface area contributed by atoms with Crippen LogP contribution in [0.3, 0.4) is 0 Å². The quantitative estimate of drug-likeness (QED) is 0.256. The summed E-state index contributed by atoms with van der Waals surface area (Å²) in [6.45, 7) is 2.99. The molecule has 0 heterocycles. The molecule has 110 valence electrons. The molecule has 0 fully saturated rings. The lowest BCUT2D eigenvalue weighted by atomic mass is 10.2. The van der Waals surface area contributed by atoms with E-state index >= 15 is 0 Å². The minimum absolute atomic E-state index is 0.0777. The second-order valence-electron chi connectivity index (χ2n) is 3.12. The third-order valence-corrected chi connectivity index (χ3v) is 1.78. The highest BCUT2D eigenvalue weighted by Gasteiger charge is 2.39. The van der Waals surface area contributed by atoms with Gasteiger partial charge < -0.3 is 18.9 Å². The third kappa shape index (κ3) is 5.80. The Morgan fingerprint density at radius 2 is 1.15 bits per heavy atom. The number of esters is 2. The van der Waals surface area contributed by atoms with Crippen LogP contribution in [0.1, 0.15) is 13.8 Å². The first-order valence-electron chi connectivity index (χ1n) is 5.43. The first-order valence-corrected chi connectivity index (χ1v) is 5.43. The average molecular weight is 286 g/mol. The number of hydrogen-bond acceptors (Lipinski definition) is 8. The highest BCUT2D eigenvalue weighted by Crippen LogP contribution is 2.08.